The average molecular weight is 353 g/mol. The maximum Gasteiger partial charge on any atom is 0.247 e. The highest BCUT2D eigenvalue weighted by Crippen LogP contribution is 2.29. The Bertz CT molecular complexity index is 673. The maximum absolute atomic E-state index is 13.7. The fourth-order valence-electron chi connectivity index (χ4n) is 2.33. The van der Waals surface area contributed by atoms with Gasteiger partial charge in [-0.25, -0.2) is 8.78 Å². The third-order valence-electron chi connectivity index (χ3n) is 3.34. The number of benzene rings is 2. The highest BCUT2D eigenvalue weighted by Gasteiger charge is 2.27. The van der Waals surface area contributed by atoms with Gasteiger partial charge in [0.1, 0.15) is 11.9 Å². The van der Waals surface area contributed by atoms with Crippen LogP contribution in [0.4, 0.5) is 20.2 Å². The van der Waals surface area contributed by atoms with Gasteiger partial charge in [0.15, 0.2) is 5.82 Å². The van der Waals surface area contributed by atoms with Crippen molar-refractivity contribution < 1.29 is 13.6 Å². The number of rotatable bonds is 2. The number of hydrogen-bond donors (Lipinski definition) is 2. The lowest BCUT2D eigenvalue weighted by Gasteiger charge is -2.13. The van der Waals surface area contributed by atoms with E-state index in [1.807, 2.05) is 24.3 Å². The van der Waals surface area contributed by atoms with Crippen molar-refractivity contribution in [3.05, 3.63) is 58.1 Å². The van der Waals surface area contributed by atoms with Gasteiger partial charge in [0, 0.05) is 22.6 Å². The first kappa shape index (κ1) is 14.0. The SMILES string of the molecule is O=C(Nc1c(F)cc(F)cc1Br)C1Cc2ccccc2N1. The monoisotopic (exact) mass is 352 g/mol. The highest BCUT2D eigenvalue weighted by molar-refractivity contribution is 9.10. The first-order valence-corrected chi connectivity index (χ1v) is 7.14. The summed E-state index contributed by atoms with van der Waals surface area (Å²) < 4.78 is 26.9. The van der Waals surface area contributed by atoms with Crippen LogP contribution in [0.1, 0.15) is 5.56 Å². The van der Waals surface area contributed by atoms with Gasteiger partial charge in [-0.15, -0.1) is 0 Å². The minimum absolute atomic E-state index is 0.0563. The normalized spacial score (nSPS) is 16.2. The van der Waals surface area contributed by atoms with E-state index in [-0.39, 0.29) is 16.1 Å². The number of para-hydroxylation sites is 1. The van der Waals surface area contributed by atoms with Crippen LogP contribution in [0.15, 0.2) is 40.9 Å². The second-order valence-corrected chi connectivity index (χ2v) is 5.65. The molecule has 1 unspecified atom stereocenters. The van der Waals surface area contributed by atoms with Gasteiger partial charge in [-0.1, -0.05) is 18.2 Å². The number of carbonyl (C=O) groups is 1. The molecular formula is C15H11BrF2N2O. The third-order valence-corrected chi connectivity index (χ3v) is 3.97. The summed E-state index contributed by atoms with van der Waals surface area (Å²) in [6.07, 6.45) is 0.530. The molecule has 1 aliphatic rings. The van der Waals surface area contributed by atoms with Crippen molar-refractivity contribution in [2.75, 3.05) is 10.6 Å². The first-order chi connectivity index (χ1) is 10.0. The number of hydrogen-bond acceptors (Lipinski definition) is 2. The molecule has 108 valence electrons. The largest absolute Gasteiger partial charge is 0.373 e. The molecule has 0 aromatic heterocycles. The van der Waals surface area contributed by atoms with Gasteiger partial charge in [0.2, 0.25) is 5.91 Å². The fraction of sp³-hybridized carbons (Fsp3) is 0.133. The smallest absolute Gasteiger partial charge is 0.247 e. The maximum atomic E-state index is 13.7. The predicted octanol–water partition coefficient (Wildman–Crippen LogP) is 3.70. The zero-order chi connectivity index (χ0) is 15.0. The van der Waals surface area contributed by atoms with Crippen LogP contribution in [-0.2, 0) is 11.2 Å². The van der Waals surface area contributed by atoms with E-state index in [2.05, 4.69) is 26.6 Å². The van der Waals surface area contributed by atoms with Crippen LogP contribution in [0.2, 0.25) is 0 Å². The summed E-state index contributed by atoms with van der Waals surface area (Å²) in [5.74, 6) is -1.88. The van der Waals surface area contributed by atoms with Crippen molar-refractivity contribution in [2.24, 2.45) is 0 Å². The van der Waals surface area contributed by atoms with Crippen LogP contribution in [0.5, 0.6) is 0 Å². The molecule has 1 heterocycles. The molecule has 0 spiro atoms. The minimum Gasteiger partial charge on any atom is -0.373 e. The lowest BCUT2D eigenvalue weighted by Crippen LogP contribution is -2.33. The molecule has 0 saturated heterocycles. The van der Waals surface area contributed by atoms with Crippen LogP contribution < -0.4 is 10.6 Å². The Balaban J connectivity index is 1.77. The molecule has 0 fully saturated rings. The summed E-state index contributed by atoms with van der Waals surface area (Å²) in [6, 6.07) is 8.96. The van der Waals surface area contributed by atoms with Crippen molar-refractivity contribution in [3.63, 3.8) is 0 Å². The summed E-state index contributed by atoms with van der Waals surface area (Å²) in [5.41, 5.74) is 1.88. The summed E-state index contributed by atoms with van der Waals surface area (Å²) in [4.78, 5) is 12.2. The lowest BCUT2D eigenvalue weighted by molar-refractivity contribution is -0.116. The standard InChI is InChI=1S/C15H11BrF2N2O/c16-10-6-9(17)7-11(18)14(10)20-15(21)13-5-8-3-1-2-4-12(8)19-13/h1-4,6-7,13,19H,5H2,(H,20,21). The van der Waals surface area contributed by atoms with Crippen LogP contribution >= 0.6 is 15.9 Å². The van der Waals surface area contributed by atoms with E-state index in [9.17, 15) is 13.6 Å². The Morgan fingerprint density at radius 3 is 2.76 bits per heavy atom. The van der Waals surface area contributed by atoms with Crippen molar-refractivity contribution in [1.29, 1.82) is 0 Å². The Labute approximate surface area is 128 Å². The molecule has 2 aromatic rings. The van der Waals surface area contributed by atoms with Gasteiger partial charge in [0.05, 0.1) is 5.69 Å². The summed E-state index contributed by atoms with van der Waals surface area (Å²) in [7, 11) is 0. The number of carbonyl (C=O) groups excluding carboxylic acids is 1. The van der Waals surface area contributed by atoms with Crippen molar-refractivity contribution >= 4 is 33.2 Å². The molecule has 0 radical (unpaired) electrons. The van der Waals surface area contributed by atoms with Crippen LogP contribution in [-0.4, -0.2) is 11.9 Å². The van der Waals surface area contributed by atoms with Crippen LogP contribution in [0.3, 0.4) is 0 Å². The number of anilines is 2. The molecule has 0 bridgehead atoms. The van der Waals surface area contributed by atoms with Gasteiger partial charge in [-0.2, -0.15) is 0 Å². The van der Waals surface area contributed by atoms with E-state index >= 15 is 0 Å². The van der Waals surface area contributed by atoms with Crippen molar-refractivity contribution in [3.8, 4) is 0 Å². The van der Waals surface area contributed by atoms with Crippen molar-refractivity contribution in [2.45, 2.75) is 12.5 Å². The van der Waals surface area contributed by atoms with Crippen LogP contribution in [0.25, 0.3) is 0 Å². The lowest BCUT2D eigenvalue weighted by atomic mass is 10.1. The third kappa shape index (κ3) is 2.76. The first-order valence-electron chi connectivity index (χ1n) is 6.34. The van der Waals surface area contributed by atoms with E-state index in [0.29, 0.717) is 6.42 Å². The van der Waals surface area contributed by atoms with E-state index in [0.717, 1.165) is 23.4 Å². The van der Waals surface area contributed by atoms with E-state index in [4.69, 9.17) is 0 Å². The number of halogens is 3. The zero-order valence-electron chi connectivity index (χ0n) is 10.8. The molecule has 3 nitrogen and oxygen atoms in total. The van der Waals surface area contributed by atoms with Gasteiger partial charge in [0.25, 0.3) is 0 Å². The molecule has 2 N–H and O–H groups in total. The Kier molecular flexibility index (Phi) is 3.63. The minimum atomic E-state index is -0.814. The summed E-state index contributed by atoms with van der Waals surface area (Å²) in [6.45, 7) is 0. The average Bonchev–Trinajstić information content (AvgIpc) is 2.86. The Morgan fingerprint density at radius 1 is 1.29 bits per heavy atom. The molecule has 0 aliphatic carbocycles. The Hall–Kier alpha value is -1.95. The molecule has 0 saturated carbocycles. The van der Waals surface area contributed by atoms with E-state index in [1.165, 1.54) is 0 Å². The van der Waals surface area contributed by atoms with Gasteiger partial charge in [-0.05, 0) is 33.6 Å². The van der Waals surface area contributed by atoms with Gasteiger partial charge >= 0.3 is 0 Å². The zero-order valence-corrected chi connectivity index (χ0v) is 12.4. The van der Waals surface area contributed by atoms with Crippen molar-refractivity contribution in [1.82, 2.24) is 0 Å². The number of nitrogens with one attached hydrogen (secondary N) is 2. The van der Waals surface area contributed by atoms with Crippen LogP contribution in [0, 0.1) is 11.6 Å². The molecule has 2 aromatic carbocycles. The molecule has 1 atom stereocenters. The predicted molar refractivity (Wildman–Crippen MR) is 80.2 cm³/mol. The second-order valence-electron chi connectivity index (χ2n) is 4.79. The Morgan fingerprint density at radius 2 is 2.05 bits per heavy atom. The molecule has 1 amide bonds. The van der Waals surface area contributed by atoms with Gasteiger partial charge in [-0.3, -0.25) is 4.79 Å². The molecule has 1 aliphatic heterocycles. The van der Waals surface area contributed by atoms with Gasteiger partial charge < -0.3 is 10.6 Å². The van der Waals surface area contributed by atoms with E-state index < -0.39 is 17.7 Å². The highest BCUT2D eigenvalue weighted by atomic mass is 79.9. The van der Waals surface area contributed by atoms with E-state index in [1.54, 1.807) is 0 Å². The quantitative estimate of drug-likeness (QED) is 0.865. The summed E-state index contributed by atoms with van der Waals surface area (Å²) >= 11 is 3.05. The molecule has 6 heteroatoms. The second kappa shape index (κ2) is 5.44. The molecule has 3 rings (SSSR count). The summed E-state index contributed by atoms with van der Waals surface area (Å²) in [5, 5.41) is 5.57. The number of fused-ring (bicyclic) bond motifs is 1. The topological polar surface area (TPSA) is 41.1 Å². The number of amides is 1. The fourth-order valence-corrected chi connectivity index (χ4v) is 2.84. The molecular weight excluding hydrogens is 342 g/mol. The molecule has 21 heavy (non-hydrogen) atoms.